The Labute approximate surface area is 113 Å². The van der Waals surface area contributed by atoms with Crippen molar-refractivity contribution in [3.05, 3.63) is 18.2 Å². The summed E-state index contributed by atoms with van der Waals surface area (Å²) in [4.78, 5) is 4.21. The monoisotopic (exact) mass is 250 g/mol. The van der Waals surface area contributed by atoms with E-state index >= 15 is 0 Å². The third-order valence-electron chi connectivity index (χ3n) is 3.49. The van der Waals surface area contributed by atoms with Gasteiger partial charge in [-0.05, 0) is 24.7 Å². The van der Waals surface area contributed by atoms with E-state index in [9.17, 15) is 0 Å². The molecule has 18 heavy (non-hydrogen) atoms. The lowest BCUT2D eigenvalue weighted by Gasteiger charge is -2.17. The highest BCUT2D eigenvalue weighted by Gasteiger charge is 2.08. The molecule has 104 valence electrons. The maximum absolute atomic E-state index is 4.21. The molecule has 0 saturated heterocycles. The van der Waals surface area contributed by atoms with Gasteiger partial charge in [0, 0.05) is 18.4 Å². The molecule has 0 N–H and O–H groups in total. The molecule has 0 aromatic carbocycles. The van der Waals surface area contributed by atoms with Crippen LogP contribution in [0.25, 0.3) is 0 Å². The topological polar surface area (TPSA) is 17.8 Å². The molecule has 1 aromatic heterocycles. The normalized spacial score (nSPS) is 12.0. The van der Waals surface area contributed by atoms with Crippen LogP contribution in [-0.4, -0.2) is 9.55 Å². The average Bonchev–Trinajstić information content (AvgIpc) is 2.73. The molecule has 0 aliphatic rings. The predicted molar refractivity (Wildman–Crippen MR) is 78.8 cm³/mol. The minimum atomic E-state index is 0.507. The second kappa shape index (κ2) is 7.60. The lowest BCUT2D eigenvalue weighted by Crippen LogP contribution is -2.04. The van der Waals surface area contributed by atoms with Gasteiger partial charge in [-0.3, -0.25) is 0 Å². The third kappa shape index (κ3) is 6.23. The molecule has 0 radical (unpaired) electrons. The molecule has 0 spiro atoms. The van der Waals surface area contributed by atoms with Crippen molar-refractivity contribution in [1.29, 1.82) is 0 Å². The minimum Gasteiger partial charge on any atom is -0.335 e. The van der Waals surface area contributed by atoms with Gasteiger partial charge in [-0.25, -0.2) is 4.98 Å². The van der Waals surface area contributed by atoms with Crippen molar-refractivity contribution in [1.82, 2.24) is 9.55 Å². The molecule has 0 unspecified atom stereocenters. The first-order valence-corrected chi connectivity index (χ1v) is 7.52. The van der Waals surface area contributed by atoms with Crippen molar-refractivity contribution in [2.75, 3.05) is 0 Å². The van der Waals surface area contributed by atoms with Crippen LogP contribution in [-0.2, 0) is 13.0 Å². The molecule has 1 rings (SSSR count). The van der Waals surface area contributed by atoms with Gasteiger partial charge in [0.2, 0.25) is 0 Å². The van der Waals surface area contributed by atoms with Crippen LogP contribution in [0, 0.1) is 5.41 Å². The lowest BCUT2D eigenvalue weighted by molar-refractivity contribution is 0.356. The molecule has 0 fully saturated rings. The molecule has 1 aromatic rings. The third-order valence-corrected chi connectivity index (χ3v) is 3.49. The first kappa shape index (κ1) is 15.3. The smallest absolute Gasteiger partial charge is 0.0948 e. The molecular formula is C16H30N2. The van der Waals surface area contributed by atoms with Crippen LogP contribution in [0.4, 0.5) is 0 Å². The molecule has 0 aliphatic carbocycles. The number of rotatable bonds is 8. The van der Waals surface area contributed by atoms with E-state index in [0.717, 1.165) is 13.0 Å². The Morgan fingerprint density at radius 2 is 1.72 bits per heavy atom. The number of nitrogens with zero attached hydrogens (tertiary/aromatic N) is 2. The SMILES string of the molecule is CCc1cncn1CCCCCCCC(C)(C)C. The van der Waals surface area contributed by atoms with Crippen LogP contribution >= 0.6 is 0 Å². The van der Waals surface area contributed by atoms with Gasteiger partial charge >= 0.3 is 0 Å². The van der Waals surface area contributed by atoms with Gasteiger partial charge in [0.1, 0.15) is 0 Å². The van der Waals surface area contributed by atoms with Crippen LogP contribution < -0.4 is 0 Å². The summed E-state index contributed by atoms with van der Waals surface area (Å²) in [5, 5.41) is 0. The van der Waals surface area contributed by atoms with Gasteiger partial charge in [-0.1, -0.05) is 53.4 Å². The summed E-state index contributed by atoms with van der Waals surface area (Å²) >= 11 is 0. The fourth-order valence-electron chi connectivity index (χ4n) is 2.31. The van der Waals surface area contributed by atoms with Gasteiger partial charge < -0.3 is 4.57 Å². The number of imidazole rings is 1. The van der Waals surface area contributed by atoms with Crippen LogP contribution in [0.15, 0.2) is 12.5 Å². The van der Waals surface area contributed by atoms with Crippen molar-refractivity contribution in [2.45, 2.75) is 79.2 Å². The molecule has 2 heteroatoms. The summed E-state index contributed by atoms with van der Waals surface area (Å²) in [6.07, 6.45) is 13.2. The number of aryl methyl sites for hydroxylation is 2. The van der Waals surface area contributed by atoms with E-state index in [1.165, 1.54) is 44.2 Å². The van der Waals surface area contributed by atoms with Crippen molar-refractivity contribution in [3.63, 3.8) is 0 Å². The molecule has 0 aliphatic heterocycles. The summed E-state index contributed by atoms with van der Waals surface area (Å²) in [6, 6.07) is 0. The minimum absolute atomic E-state index is 0.507. The fourth-order valence-corrected chi connectivity index (χ4v) is 2.31. The number of unbranched alkanes of at least 4 members (excludes halogenated alkanes) is 4. The highest BCUT2D eigenvalue weighted by molar-refractivity contribution is 4.97. The maximum Gasteiger partial charge on any atom is 0.0948 e. The van der Waals surface area contributed by atoms with Crippen molar-refractivity contribution in [3.8, 4) is 0 Å². The van der Waals surface area contributed by atoms with Crippen molar-refractivity contribution >= 4 is 0 Å². The molecular weight excluding hydrogens is 220 g/mol. The Hall–Kier alpha value is -0.790. The fraction of sp³-hybridized carbons (Fsp3) is 0.812. The lowest BCUT2D eigenvalue weighted by atomic mass is 9.89. The second-order valence-corrected chi connectivity index (χ2v) is 6.51. The second-order valence-electron chi connectivity index (χ2n) is 6.51. The zero-order chi connectivity index (χ0) is 13.4. The van der Waals surface area contributed by atoms with Crippen molar-refractivity contribution < 1.29 is 0 Å². The molecule has 0 amide bonds. The largest absolute Gasteiger partial charge is 0.335 e. The average molecular weight is 250 g/mol. The van der Waals surface area contributed by atoms with E-state index in [2.05, 4.69) is 37.2 Å². The van der Waals surface area contributed by atoms with Crippen LogP contribution in [0.1, 0.15) is 71.9 Å². The van der Waals surface area contributed by atoms with E-state index in [4.69, 9.17) is 0 Å². The summed E-state index contributed by atoms with van der Waals surface area (Å²) in [6.45, 7) is 10.3. The van der Waals surface area contributed by atoms with E-state index in [-0.39, 0.29) is 0 Å². The zero-order valence-electron chi connectivity index (χ0n) is 12.7. The van der Waals surface area contributed by atoms with E-state index in [1.807, 2.05) is 12.5 Å². The zero-order valence-corrected chi connectivity index (χ0v) is 12.7. The number of aromatic nitrogens is 2. The number of hydrogen-bond acceptors (Lipinski definition) is 1. The standard InChI is InChI=1S/C16H30N2/c1-5-15-13-17-14-18(15)12-10-8-6-7-9-11-16(2,3)4/h13-14H,5-12H2,1-4H3. The highest BCUT2D eigenvalue weighted by atomic mass is 15.0. The molecule has 1 heterocycles. The van der Waals surface area contributed by atoms with Gasteiger partial charge in [0.25, 0.3) is 0 Å². The first-order chi connectivity index (χ1) is 8.53. The molecule has 0 atom stereocenters. The highest BCUT2D eigenvalue weighted by Crippen LogP contribution is 2.22. The Morgan fingerprint density at radius 1 is 1.06 bits per heavy atom. The first-order valence-electron chi connectivity index (χ1n) is 7.52. The summed E-state index contributed by atoms with van der Waals surface area (Å²) in [5.41, 5.74) is 1.87. The predicted octanol–water partition coefficient (Wildman–Crippen LogP) is 4.83. The molecule has 0 bridgehead atoms. The molecule has 2 nitrogen and oxygen atoms in total. The van der Waals surface area contributed by atoms with Crippen LogP contribution in [0.2, 0.25) is 0 Å². The van der Waals surface area contributed by atoms with Crippen molar-refractivity contribution in [2.24, 2.45) is 5.41 Å². The molecule has 0 saturated carbocycles. The Morgan fingerprint density at radius 3 is 2.39 bits per heavy atom. The Bertz CT molecular complexity index is 320. The van der Waals surface area contributed by atoms with E-state index in [0.29, 0.717) is 5.41 Å². The van der Waals surface area contributed by atoms with E-state index < -0.39 is 0 Å². The summed E-state index contributed by atoms with van der Waals surface area (Å²) in [7, 11) is 0. The maximum atomic E-state index is 4.21. The van der Waals surface area contributed by atoms with Gasteiger partial charge in [-0.15, -0.1) is 0 Å². The van der Waals surface area contributed by atoms with E-state index in [1.54, 1.807) is 0 Å². The quantitative estimate of drug-likeness (QED) is 0.604. The summed E-state index contributed by atoms with van der Waals surface area (Å²) < 4.78 is 2.30. The van der Waals surface area contributed by atoms with Crippen LogP contribution in [0.3, 0.4) is 0 Å². The van der Waals surface area contributed by atoms with Gasteiger partial charge in [0.05, 0.1) is 6.33 Å². The number of hydrogen-bond donors (Lipinski definition) is 0. The Kier molecular flexibility index (Phi) is 6.45. The van der Waals surface area contributed by atoms with Gasteiger partial charge in [-0.2, -0.15) is 0 Å². The summed E-state index contributed by atoms with van der Waals surface area (Å²) in [5.74, 6) is 0. The Balaban J connectivity index is 2.02. The van der Waals surface area contributed by atoms with Gasteiger partial charge in [0.15, 0.2) is 0 Å². The van der Waals surface area contributed by atoms with Crippen LogP contribution in [0.5, 0.6) is 0 Å².